The lowest BCUT2D eigenvalue weighted by atomic mass is 10.0. The summed E-state index contributed by atoms with van der Waals surface area (Å²) in [7, 11) is 0. The van der Waals surface area contributed by atoms with Gasteiger partial charge in [-0.3, -0.25) is 9.69 Å². The van der Waals surface area contributed by atoms with E-state index in [9.17, 15) is 9.90 Å². The maximum Gasteiger partial charge on any atom is 0.272 e. The highest BCUT2D eigenvalue weighted by Crippen LogP contribution is 2.22. The second-order valence-corrected chi connectivity index (χ2v) is 7.21. The minimum absolute atomic E-state index is 0.289. The number of hydrogen-bond donors (Lipinski definition) is 2. The van der Waals surface area contributed by atoms with Crippen molar-refractivity contribution in [2.45, 2.75) is 32.7 Å². The van der Waals surface area contributed by atoms with Gasteiger partial charge in [0.1, 0.15) is 5.75 Å². The molecule has 0 unspecified atom stereocenters. The normalized spacial score (nSPS) is 15.6. The third-order valence-electron chi connectivity index (χ3n) is 4.78. The Hall–Kier alpha value is -2.37. The molecular weight excluding hydrogens is 362 g/mol. The van der Waals surface area contributed by atoms with Crippen molar-refractivity contribution in [2.24, 2.45) is 5.10 Å². The minimum Gasteiger partial charge on any atom is -0.508 e. The molecule has 1 heterocycles. The van der Waals surface area contributed by atoms with Gasteiger partial charge in [-0.1, -0.05) is 30.2 Å². The van der Waals surface area contributed by atoms with Crippen molar-refractivity contribution in [1.29, 1.82) is 0 Å². The smallest absolute Gasteiger partial charge is 0.272 e. The van der Waals surface area contributed by atoms with Crippen LogP contribution in [0.2, 0.25) is 5.02 Å². The Morgan fingerprint density at radius 3 is 2.67 bits per heavy atom. The molecule has 1 aliphatic rings. The zero-order valence-corrected chi connectivity index (χ0v) is 16.2. The lowest BCUT2D eigenvalue weighted by Crippen LogP contribution is -2.29. The zero-order chi connectivity index (χ0) is 19.2. The summed E-state index contributed by atoms with van der Waals surface area (Å²) in [6, 6.07) is 12.3. The molecule has 5 nitrogen and oxygen atoms in total. The summed E-state index contributed by atoms with van der Waals surface area (Å²) in [5.41, 5.74) is 5.33. The molecule has 1 fully saturated rings. The number of piperidine rings is 1. The van der Waals surface area contributed by atoms with Crippen LogP contribution in [0.3, 0.4) is 0 Å². The van der Waals surface area contributed by atoms with Crippen LogP contribution in [-0.2, 0) is 6.54 Å². The van der Waals surface area contributed by atoms with Gasteiger partial charge in [0.05, 0.1) is 16.3 Å². The Balaban J connectivity index is 1.71. The van der Waals surface area contributed by atoms with Gasteiger partial charge < -0.3 is 5.11 Å². The molecule has 142 valence electrons. The van der Waals surface area contributed by atoms with Gasteiger partial charge in [-0.25, -0.2) is 5.43 Å². The molecule has 0 atom stereocenters. The molecule has 0 spiro atoms. The van der Waals surface area contributed by atoms with Gasteiger partial charge in [-0.05, 0) is 68.8 Å². The van der Waals surface area contributed by atoms with E-state index in [1.807, 2.05) is 13.0 Å². The highest BCUT2D eigenvalue weighted by Gasteiger charge is 2.14. The number of nitrogens with zero attached hydrogens (tertiary/aromatic N) is 2. The molecule has 0 bridgehead atoms. The molecule has 2 aromatic rings. The molecule has 2 N–H and O–H groups in total. The number of hydrazone groups is 1. The van der Waals surface area contributed by atoms with Crippen molar-refractivity contribution < 1.29 is 9.90 Å². The molecule has 0 radical (unpaired) electrons. The van der Waals surface area contributed by atoms with Crippen molar-refractivity contribution >= 4 is 23.2 Å². The first-order valence-corrected chi connectivity index (χ1v) is 9.56. The number of rotatable bonds is 5. The zero-order valence-electron chi connectivity index (χ0n) is 15.4. The van der Waals surface area contributed by atoms with Crippen molar-refractivity contribution in [3.05, 3.63) is 64.2 Å². The van der Waals surface area contributed by atoms with E-state index in [4.69, 9.17) is 11.6 Å². The molecule has 1 aliphatic heterocycles. The molecular formula is C21H24ClN3O2. The van der Waals surface area contributed by atoms with Gasteiger partial charge in [0, 0.05) is 12.1 Å². The number of amides is 1. The van der Waals surface area contributed by atoms with Crippen molar-refractivity contribution in [3.63, 3.8) is 0 Å². The third-order valence-corrected chi connectivity index (χ3v) is 5.11. The summed E-state index contributed by atoms with van der Waals surface area (Å²) in [4.78, 5) is 14.6. The predicted molar refractivity (Wildman–Crippen MR) is 108 cm³/mol. The van der Waals surface area contributed by atoms with Gasteiger partial charge >= 0.3 is 0 Å². The number of phenolic OH excluding ortho intramolecular Hbond substituents is 1. The van der Waals surface area contributed by atoms with E-state index in [-0.39, 0.29) is 11.7 Å². The van der Waals surface area contributed by atoms with E-state index in [1.54, 1.807) is 36.4 Å². The lowest BCUT2D eigenvalue weighted by Gasteiger charge is -2.26. The highest BCUT2D eigenvalue weighted by molar-refractivity contribution is 6.33. The number of halogens is 1. The summed E-state index contributed by atoms with van der Waals surface area (Å²) in [6.07, 6.45) is 3.68. The van der Waals surface area contributed by atoms with Gasteiger partial charge in [-0.2, -0.15) is 5.10 Å². The number of benzene rings is 2. The molecule has 0 aromatic heterocycles. The monoisotopic (exact) mass is 385 g/mol. The number of phenols is 1. The third kappa shape index (κ3) is 5.08. The number of nitrogens with one attached hydrogen (secondary N) is 1. The van der Waals surface area contributed by atoms with Crippen LogP contribution in [-0.4, -0.2) is 34.7 Å². The number of aromatic hydroxyl groups is 1. The second kappa shape index (κ2) is 9.02. The van der Waals surface area contributed by atoms with E-state index < -0.39 is 0 Å². The average molecular weight is 386 g/mol. The fourth-order valence-electron chi connectivity index (χ4n) is 3.20. The Labute approximate surface area is 164 Å². The lowest BCUT2D eigenvalue weighted by molar-refractivity contribution is 0.0955. The first kappa shape index (κ1) is 19.4. The van der Waals surface area contributed by atoms with Crippen LogP contribution in [0.4, 0.5) is 0 Å². The molecule has 2 aromatic carbocycles. The fourth-order valence-corrected chi connectivity index (χ4v) is 3.42. The van der Waals surface area contributed by atoms with Crippen LogP contribution >= 0.6 is 11.6 Å². The first-order chi connectivity index (χ1) is 13.0. The number of hydrogen-bond acceptors (Lipinski definition) is 4. The molecule has 0 saturated carbocycles. The molecule has 1 amide bonds. The predicted octanol–water partition coefficient (Wildman–Crippen LogP) is 4.19. The number of likely N-dealkylation sites (tertiary alicyclic amines) is 1. The van der Waals surface area contributed by atoms with E-state index in [1.165, 1.54) is 19.3 Å². The second-order valence-electron chi connectivity index (χ2n) is 6.80. The van der Waals surface area contributed by atoms with Crippen LogP contribution in [0.5, 0.6) is 5.75 Å². The highest BCUT2D eigenvalue weighted by atomic mass is 35.5. The van der Waals surface area contributed by atoms with Crippen LogP contribution in [0.25, 0.3) is 0 Å². The molecule has 6 heteroatoms. The SMILES string of the molecule is C/C(=N\NC(=O)c1ccccc1Cl)c1ccc(O)c(CN2CCCCC2)c1. The summed E-state index contributed by atoms with van der Waals surface area (Å²) in [5.74, 6) is -0.0653. The Morgan fingerprint density at radius 2 is 1.93 bits per heavy atom. The number of carbonyl (C=O) groups excluding carboxylic acids is 1. The average Bonchev–Trinajstić information content (AvgIpc) is 2.68. The Kier molecular flexibility index (Phi) is 6.48. The van der Waals surface area contributed by atoms with E-state index in [0.717, 1.165) is 30.8 Å². The van der Waals surface area contributed by atoms with Gasteiger partial charge in [-0.15, -0.1) is 0 Å². The van der Waals surface area contributed by atoms with Crippen LogP contribution in [0, 0.1) is 0 Å². The Bertz CT molecular complexity index is 845. The molecule has 1 saturated heterocycles. The van der Waals surface area contributed by atoms with Crippen molar-refractivity contribution in [1.82, 2.24) is 10.3 Å². The van der Waals surface area contributed by atoms with E-state index in [2.05, 4.69) is 15.4 Å². The summed E-state index contributed by atoms with van der Waals surface area (Å²) in [5, 5.41) is 14.8. The van der Waals surface area contributed by atoms with Crippen LogP contribution in [0.15, 0.2) is 47.6 Å². The Morgan fingerprint density at radius 1 is 1.19 bits per heavy atom. The van der Waals surface area contributed by atoms with Gasteiger partial charge in [0.2, 0.25) is 0 Å². The van der Waals surface area contributed by atoms with Crippen LogP contribution < -0.4 is 5.43 Å². The summed E-state index contributed by atoms with van der Waals surface area (Å²) < 4.78 is 0. The maximum atomic E-state index is 12.2. The quantitative estimate of drug-likeness (QED) is 0.599. The molecule has 0 aliphatic carbocycles. The van der Waals surface area contributed by atoms with Crippen LogP contribution in [0.1, 0.15) is 47.7 Å². The largest absolute Gasteiger partial charge is 0.508 e. The van der Waals surface area contributed by atoms with Crippen molar-refractivity contribution in [3.8, 4) is 5.75 Å². The van der Waals surface area contributed by atoms with E-state index in [0.29, 0.717) is 16.3 Å². The summed E-state index contributed by atoms with van der Waals surface area (Å²) >= 11 is 6.04. The molecule has 3 rings (SSSR count). The first-order valence-electron chi connectivity index (χ1n) is 9.18. The van der Waals surface area contributed by atoms with E-state index >= 15 is 0 Å². The molecule has 27 heavy (non-hydrogen) atoms. The van der Waals surface area contributed by atoms with Crippen molar-refractivity contribution in [2.75, 3.05) is 13.1 Å². The maximum absolute atomic E-state index is 12.2. The topological polar surface area (TPSA) is 64.9 Å². The van der Waals surface area contributed by atoms with Gasteiger partial charge in [0.15, 0.2) is 0 Å². The van der Waals surface area contributed by atoms with Gasteiger partial charge in [0.25, 0.3) is 5.91 Å². The number of carbonyl (C=O) groups is 1. The standard InChI is InChI=1S/C21H24ClN3O2/c1-15(23-24-21(27)18-7-3-4-8-19(18)22)16-9-10-20(26)17(13-16)14-25-11-5-2-6-12-25/h3-4,7-10,13,26H,2,5-6,11-12,14H2,1H3,(H,24,27)/b23-15+. The summed E-state index contributed by atoms with van der Waals surface area (Å²) in [6.45, 7) is 4.66. The fraction of sp³-hybridized carbons (Fsp3) is 0.333. The minimum atomic E-state index is -0.354.